The van der Waals surface area contributed by atoms with Crippen LogP contribution in [0.25, 0.3) is 0 Å². The van der Waals surface area contributed by atoms with E-state index < -0.39 is 0 Å². The maximum atomic E-state index is 9.26. The number of aliphatic hydroxyl groups excluding tert-OH is 1. The van der Waals surface area contributed by atoms with E-state index in [0.29, 0.717) is 5.76 Å². The zero-order chi connectivity index (χ0) is 7.56. The molecule has 0 bridgehead atoms. The maximum Gasteiger partial charge on any atom is 0.0924 e. The molecule has 1 rings (SSSR count). The minimum Gasteiger partial charge on any atom is -0.512 e. The molecule has 54 valence electrons. The summed E-state index contributed by atoms with van der Waals surface area (Å²) < 4.78 is 0. The molecule has 0 aromatic heterocycles. The van der Waals surface area contributed by atoms with Crippen LogP contribution in [0.1, 0.15) is 26.2 Å². The van der Waals surface area contributed by atoms with Crippen molar-refractivity contribution in [2.45, 2.75) is 26.2 Å². The van der Waals surface area contributed by atoms with Gasteiger partial charge in [0.15, 0.2) is 0 Å². The van der Waals surface area contributed by atoms with Gasteiger partial charge in [0.25, 0.3) is 0 Å². The molecule has 1 unspecified atom stereocenters. The second-order valence-corrected chi connectivity index (χ2v) is 2.74. The van der Waals surface area contributed by atoms with Crippen molar-refractivity contribution < 1.29 is 5.11 Å². The maximum absolute atomic E-state index is 9.26. The summed E-state index contributed by atoms with van der Waals surface area (Å²) in [6.45, 7) is 1.92. The van der Waals surface area contributed by atoms with Crippen molar-refractivity contribution in [3.63, 3.8) is 0 Å². The summed E-state index contributed by atoms with van der Waals surface area (Å²) in [5, 5.41) is 9.26. The predicted molar refractivity (Wildman–Crippen MR) is 41.5 cm³/mol. The van der Waals surface area contributed by atoms with Gasteiger partial charge in [-0.15, -0.1) is 6.42 Å². The monoisotopic (exact) mass is 136 g/mol. The highest BCUT2D eigenvalue weighted by Gasteiger charge is 2.16. The van der Waals surface area contributed by atoms with Gasteiger partial charge in [0.1, 0.15) is 0 Å². The van der Waals surface area contributed by atoms with Crippen LogP contribution in [-0.2, 0) is 0 Å². The smallest absolute Gasteiger partial charge is 0.0924 e. The number of allylic oxidation sites excluding steroid dienone is 2. The number of rotatable bonds is 0. The average molecular weight is 136 g/mol. The van der Waals surface area contributed by atoms with Crippen molar-refractivity contribution >= 4 is 0 Å². The molecule has 0 saturated heterocycles. The highest BCUT2D eigenvalue weighted by atomic mass is 16.3. The molecule has 0 heterocycles. The van der Waals surface area contributed by atoms with E-state index in [2.05, 4.69) is 5.92 Å². The number of hydrogen-bond donors (Lipinski definition) is 1. The van der Waals surface area contributed by atoms with Crippen LogP contribution < -0.4 is 0 Å². The lowest BCUT2D eigenvalue weighted by atomic mass is 9.88. The van der Waals surface area contributed by atoms with E-state index in [9.17, 15) is 5.11 Å². The molecule has 1 N–H and O–H groups in total. The van der Waals surface area contributed by atoms with Gasteiger partial charge in [-0.3, -0.25) is 0 Å². The van der Waals surface area contributed by atoms with Gasteiger partial charge in [-0.1, -0.05) is 5.92 Å². The van der Waals surface area contributed by atoms with Crippen molar-refractivity contribution in [2.24, 2.45) is 5.92 Å². The second kappa shape index (κ2) is 2.79. The number of hydrogen-bond acceptors (Lipinski definition) is 1. The van der Waals surface area contributed by atoms with Gasteiger partial charge in [-0.05, 0) is 25.3 Å². The Morgan fingerprint density at radius 1 is 1.70 bits per heavy atom. The van der Waals surface area contributed by atoms with Crippen LogP contribution in [0.5, 0.6) is 0 Å². The number of terminal acetylenes is 1. The summed E-state index contributed by atoms with van der Waals surface area (Å²) in [7, 11) is 0. The quantitative estimate of drug-likeness (QED) is 0.506. The van der Waals surface area contributed by atoms with Crippen LogP contribution in [0.15, 0.2) is 11.3 Å². The molecular formula is C9H12O. The fourth-order valence-corrected chi connectivity index (χ4v) is 1.30. The predicted octanol–water partition coefficient (Wildman–Crippen LogP) is 2.25. The Hall–Kier alpha value is -0.900. The van der Waals surface area contributed by atoms with Crippen molar-refractivity contribution in [1.29, 1.82) is 0 Å². The Kier molecular flexibility index (Phi) is 2.01. The first kappa shape index (κ1) is 7.21. The fraction of sp³-hybridized carbons (Fsp3) is 0.556. The average Bonchev–Trinajstić information content (AvgIpc) is 1.95. The summed E-state index contributed by atoms with van der Waals surface area (Å²) in [6.07, 6.45) is 8.13. The molecule has 0 saturated carbocycles. The first-order valence-electron chi connectivity index (χ1n) is 3.60. The van der Waals surface area contributed by atoms with E-state index >= 15 is 0 Å². The van der Waals surface area contributed by atoms with Crippen LogP contribution >= 0.6 is 0 Å². The lowest BCUT2D eigenvalue weighted by molar-refractivity contribution is 0.348. The third-order valence-corrected chi connectivity index (χ3v) is 2.09. The van der Waals surface area contributed by atoms with Crippen LogP contribution in [0.4, 0.5) is 0 Å². The van der Waals surface area contributed by atoms with Crippen molar-refractivity contribution in [3.8, 4) is 12.3 Å². The summed E-state index contributed by atoms with van der Waals surface area (Å²) in [6, 6.07) is 0. The van der Waals surface area contributed by atoms with E-state index in [0.717, 1.165) is 24.8 Å². The lowest BCUT2D eigenvalue weighted by Crippen LogP contribution is -2.07. The molecule has 10 heavy (non-hydrogen) atoms. The lowest BCUT2D eigenvalue weighted by Gasteiger charge is -2.18. The Morgan fingerprint density at radius 2 is 2.40 bits per heavy atom. The third kappa shape index (κ3) is 1.16. The van der Waals surface area contributed by atoms with Crippen LogP contribution in [0.2, 0.25) is 0 Å². The zero-order valence-corrected chi connectivity index (χ0v) is 6.22. The molecule has 0 aromatic carbocycles. The summed E-state index contributed by atoms with van der Waals surface area (Å²) in [4.78, 5) is 0. The SMILES string of the molecule is C#CC1CCCC(O)=C1C. The molecule has 0 aliphatic heterocycles. The standard InChI is InChI=1S/C9H12O/c1-3-8-5-4-6-9(10)7(8)2/h1,8,10H,4-6H2,2H3. The number of aliphatic hydroxyl groups is 1. The molecule has 1 atom stereocenters. The van der Waals surface area contributed by atoms with Crippen LogP contribution in [-0.4, -0.2) is 5.11 Å². The van der Waals surface area contributed by atoms with Crippen LogP contribution in [0, 0.1) is 18.3 Å². The highest BCUT2D eigenvalue weighted by Crippen LogP contribution is 2.27. The van der Waals surface area contributed by atoms with E-state index in [1.165, 1.54) is 0 Å². The van der Waals surface area contributed by atoms with E-state index in [1.54, 1.807) is 0 Å². The van der Waals surface area contributed by atoms with Crippen molar-refractivity contribution in [2.75, 3.05) is 0 Å². The third-order valence-electron chi connectivity index (χ3n) is 2.09. The molecule has 1 heteroatoms. The normalized spacial score (nSPS) is 26.2. The van der Waals surface area contributed by atoms with Crippen molar-refractivity contribution in [3.05, 3.63) is 11.3 Å². The first-order valence-corrected chi connectivity index (χ1v) is 3.60. The summed E-state index contributed by atoms with van der Waals surface area (Å²) in [5.74, 6) is 3.36. The molecule has 0 aromatic rings. The van der Waals surface area contributed by atoms with Crippen LogP contribution in [0.3, 0.4) is 0 Å². The fourth-order valence-electron chi connectivity index (χ4n) is 1.30. The van der Waals surface area contributed by atoms with E-state index in [1.807, 2.05) is 6.92 Å². The van der Waals surface area contributed by atoms with Gasteiger partial charge in [0.2, 0.25) is 0 Å². The van der Waals surface area contributed by atoms with Gasteiger partial charge in [-0.2, -0.15) is 0 Å². The van der Waals surface area contributed by atoms with E-state index in [-0.39, 0.29) is 5.92 Å². The summed E-state index contributed by atoms with van der Waals surface area (Å²) >= 11 is 0. The molecule has 0 amide bonds. The second-order valence-electron chi connectivity index (χ2n) is 2.74. The van der Waals surface area contributed by atoms with Crippen molar-refractivity contribution in [1.82, 2.24) is 0 Å². The van der Waals surface area contributed by atoms with E-state index in [4.69, 9.17) is 6.42 Å². The molecule has 0 spiro atoms. The van der Waals surface area contributed by atoms with Gasteiger partial charge in [0, 0.05) is 12.3 Å². The molecule has 1 aliphatic carbocycles. The Morgan fingerprint density at radius 3 is 2.90 bits per heavy atom. The largest absolute Gasteiger partial charge is 0.512 e. The van der Waals surface area contributed by atoms with Gasteiger partial charge >= 0.3 is 0 Å². The molecular weight excluding hydrogens is 124 g/mol. The minimum atomic E-state index is 0.189. The minimum absolute atomic E-state index is 0.189. The molecule has 1 nitrogen and oxygen atoms in total. The molecule has 0 radical (unpaired) electrons. The molecule has 1 aliphatic rings. The zero-order valence-electron chi connectivity index (χ0n) is 6.22. The summed E-state index contributed by atoms with van der Waals surface area (Å²) in [5.41, 5.74) is 0.994. The Balaban J connectivity index is 2.81. The highest BCUT2D eigenvalue weighted by molar-refractivity contribution is 5.20. The Bertz CT molecular complexity index is 195. The molecule has 0 fully saturated rings. The first-order chi connectivity index (χ1) is 4.75. The van der Waals surface area contributed by atoms with Gasteiger partial charge < -0.3 is 5.11 Å². The Labute approximate surface area is 61.8 Å². The van der Waals surface area contributed by atoms with Gasteiger partial charge in [-0.25, -0.2) is 0 Å². The topological polar surface area (TPSA) is 20.2 Å². The van der Waals surface area contributed by atoms with Gasteiger partial charge in [0.05, 0.1) is 5.76 Å².